The monoisotopic (exact) mass is 276 g/mol. The van der Waals surface area contributed by atoms with Crippen LogP contribution in [-0.4, -0.2) is 17.6 Å². The number of thiazole rings is 1. The van der Waals surface area contributed by atoms with Gasteiger partial charge in [-0.1, -0.05) is 30.3 Å². The number of rotatable bonds is 5. The Morgan fingerprint density at radius 2 is 2.16 bits per heavy atom. The summed E-state index contributed by atoms with van der Waals surface area (Å²) >= 11 is 1.51. The van der Waals surface area contributed by atoms with Crippen molar-refractivity contribution in [2.24, 2.45) is 5.73 Å². The Balaban J connectivity index is 2.07. The van der Waals surface area contributed by atoms with Gasteiger partial charge in [-0.05, 0) is 12.5 Å². The summed E-state index contributed by atoms with van der Waals surface area (Å²) in [5.41, 5.74) is 7.07. The molecule has 0 saturated carbocycles. The molecule has 0 radical (unpaired) electrons. The first-order valence-electron chi connectivity index (χ1n) is 6.13. The number of hydrogen-bond acceptors (Lipinski definition) is 5. The van der Waals surface area contributed by atoms with Crippen molar-refractivity contribution < 1.29 is 9.53 Å². The molecule has 0 aliphatic carbocycles. The summed E-state index contributed by atoms with van der Waals surface area (Å²) in [5, 5.41) is 0.756. The zero-order valence-corrected chi connectivity index (χ0v) is 11.5. The van der Waals surface area contributed by atoms with E-state index in [2.05, 4.69) is 4.98 Å². The van der Waals surface area contributed by atoms with Crippen molar-refractivity contribution in [3.63, 3.8) is 0 Å². The summed E-state index contributed by atoms with van der Waals surface area (Å²) in [6.45, 7) is 2.15. The van der Waals surface area contributed by atoms with Gasteiger partial charge >= 0.3 is 5.97 Å². The Bertz CT molecular complexity index is 539. The Morgan fingerprint density at radius 1 is 1.42 bits per heavy atom. The van der Waals surface area contributed by atoms with Crippen LogP contribution in [0.25, 0.3) is 10.4 Å². The third-order valence-electron chi connectivity index (χ3n) is 2.59. The SMILES string of the molecule is CCOC(=O)CC(N)c1ncc(-c2ccccc2)s1. The van der Waals surface area contributed by atoms with Crippen LogP contribution in [0.3, 0.4) is 0 Å². The van der Waals surface area contributed by atoms with Gasteiger partial charge in [-0.3, -0.25) is 4.79 Å². The van der Waals surface area contributed by atoms with E-state index in [1.165, 1.54) is 11.3 Å². The van der Waals surface area contributed by atoms with Crippen LogP contribution in [0, 0.1) is 0 Å². The maximum atomic E-state index is 11.4. The summed E-state index contributed by atoms with van der Waals surface area (Å²) in [7, 11) is 0. The normalized spacial score (nSPS) is 12.1. The van der Waals surface area contributed by atoms with Gasteiger partial charge in [0.2, 0.25) is 0 Å². The number of benzene rings is 1. The van der Waals surface area contributed by atoms with Gasteiger partial charge in [0, 0.05) is 6.20 Å². The number of carbonyl (C=O) groups excluding carboxylic acids is 1. The van der Waals surface area contributed by atoms with Crippen LogP contribution in [0.2, 0.25) is 0 Å². The fourth-order valence-electron chi connectivity index (χ4n) is 1.68. The van der Waals surface area contributed by atoms with Gasteiger partial charge in [-0.2, -0.15) is 0 Å². The van der Waals surface area contributed by atoms with E-state index in [0.717, 1.165) is 15.4 Å². The highest BCUT2D eigenvalue weighted by Gasteiger charge is 2.16. The molecule has 0 aliphatic heterocycles. The van der Waals surface area contributed by atoms with Crippen LogP contribution < -0.4 is 5.73 Å². The van der Waals surface area contributed by atoms with Gasteiger partial charge in [-0.25, -0.2) is 4.98 Å². The maximum Gasteiger partial charge on any atom is 0.307 e. The van der Waals surface area contributed by atoms with Crippen LogP contribution in [0.15, 0.2) is 36.5 Å². The molecular formula is C14H16N2O2S. The molecule has 100 valence electrons. The second kappa shape index (κ2) is 6.45. The number of aromatic nitrogens is 1. The molecule has 1 aromatic heterocycles. The van der Waals surface area contributed by atoms with Gasteiger partial charge in [0.25, 0.3) is 0 Å². The summed E-state index contributed by atoms with van der Waals surface area (Å²) in [6.07, 6.45) is 1.95. The van der Waals surface area contributed by atoms with Crippen molar-refractivity contribution in [3.8, 4) is 10.4 Å². The van der Waals surface area contributed by atoms with E-state index in [4.69, 9.17) is 10.5 Å². The molecule has 19 heavy (non-hydrogen) atoms. The van der Waals surface area contributed by atoms with E-state index in [0.29, 0.717) is 6.61 Å². The molecule has 1 unspecified atom stereocenters. The van der Waals surface area contributed by atoms with Crippen LogP contribution in [-0.2, 0) is 9.53 Å². The lowest BCUT2D eigenvalue weighted by Gasteiger charge is -2.07. The molecule has 5 heteroatoms. The average Bonchev–Trinajstić information content (AvgIpc) is 2.89. The molecular weight excluding hydrogens is 260 g/mol. The first kappa shape index (κ1) is 13.7. The predicted octanol–water partition coefficient (Wildman–Crippen LogP) is 2.76. The summed E-state index contributed by atoms with van der Waals surface area (Å²) in [5.74, 6) is -0.286. The highest BCUT2D eigenvalue weighted by atomic mass is 32.1. The van der Waals surface area contributed by atoms with Crippen LogP contribution in [0.5, 0.6) is 0 Å². The second-order valence-electron chi connectivity index (χ2n) is 4.04. The number of hydrogen-bond donors (Lipinski definition) is 1. The molecule has 0 fully saturated rings. The van der Waals surface area contributed by atoms with Crippen LogP contribution in [0.1, 0.15) is 24.4 Å². The van der Waals surface area contributed by atoms with Crippen molar-refractivity contribution in [1.29, 1.82) is 0 Å². The lowest BCUT2D eigenvalue weighted by atomic mass is 10.2. The summed E-state index contributed by atoms with van der Waals surface area (Å²) < 4.78 is 4.88. The van der Waals surface area contributed by atoms with Crippen molar-refractivity contribution in [1.82, 2.24) is 4.98 Å². The summed E-state index contributed by atoms with van der Waals surface area (Å²) in [4.78, 5) is 16.7. The van der Waals surface area contributed by atoms with E-state index >= 15 is 0 Å². The molecule has 0 saturated heterocycles. The molecule has 2 aromatic rings. The van der Waals surface area contributed by atoms with E-state index in [1.807, 2.05) is 30.3 Å². The van der Waals surface area contributed by atoms with E-state index in [-0.39, 0.29) is 12.4 Å². The predicted molar refractivity (Wildman–Crippen MR) is 75.7 cm³/mol. The first-order valence-corrected chi connectivity index (χ1v) is 6.94. The van der Waals surface area contributed by atoms with Crippen molar-refractivity contribution in [2.75, 3.05) is 6.61 Å². The smallest absolute Gasteiger partial charge is 0.307 e. The lowest BCUT2D eigenvalue weighted by Crippen LogP contribution is -2.16. The van der Waals surface area contributed by atoms with E-state index in [9.17, 15) is 4.79 Å². The number of esters is 1. The van der Waals surface area contributed by atoms with Gasteiger partial charge in [0.05, 0.1) is 23.9 Å². The minimum Gasteiger partial charge on any atom is -0.466 e. The molecule has 2 N–H and O–H groups in total. The van der Waals surface area contributed by atoms with E-state index < -0.39 is 6.04 Å². The Kier molecular flexibility index (Phi) is 4.65. The fourth-order valence-corrected chi connectivity index (χ4v) is 2.61. The Morgan fingerprint density at radius 3 is 2.84 bits per heavy atom. The first-order chi connectivity index (χ1) is 9.20. The maximum absolute atomic E-state index is 11.4. The molecule has 2 rings (SSSR count). The minimum absolute atomic E-state index is 0.162. The average molecular weight is 276 g/mol. The topological polar surface area (TPSA) is 65.2 Å². The minimum atomic E-state index is -0.401. The highest BCUT2D eigenvalue weighted by molar-refractivity contribution is 7.15. The molecule has 0 spiro atoms. The van der Waals surface area contributed by atoms with Gasteiger partial charge in [-0.15, -0.1) is 11.3 Å². The van der Waals surface area contributed by atoms with E-state index in [1.54, 1.807) is 13.1 Å². The Hall–Kier alpha value is -1.72. The zero-order chi connectivity index (χ0) is 13.7. The number of carbonyl (C=O) groups is 1. The van der Waals surface area contributed by atoms with Crippen LogP contribution in [0.4, 0.5) is 0 Å². The largest absolute Gasteiger partial charge is 0.466 e. The number of ether oxygens (including phenoxy) is 1. The quantitative estimate of drug-likeness (QED) is 0.853. The third-order valence-corrected chi connectivity index (χ3v) is 3.77. The molecule has 1 heterocycles. The van der Waals surface area contributed by atoms with Crippen molar-refractivity contribution >= 4 is 17.3 Å². The zero-order valence-electron chi connectivity index (χ0n) is 10.7. The lowest BCUT2D eigenvalue weighted by molar-refractivity contribution is -0.143. The summed E-state index contributed by atoms with van der Waals surface area (Å²) in [6, 6.07) is 9.57. The van der Waals surface area contributed by atoms with Gasteiger partial charge in [0.1, 0.15) is 5.01 Å². The van der Waals surface area contributed by atoms with Crippen LogP contribution >= 0.6 is 11.3 Å². The number of nitrogens with zero attached hydrogens (tertiary/aromatic N) is 1. The van der Waals surface area contributed by atoms with Gasteiger partial charge < -0.3 is 10.5 Å². The molecule has 1 atom stereocenters. The Labute approximate surface area is 116 Å². The molecule has 0 amide bonds. The van der Waals surface area contributed by atoms with Gasteiger partial charge in [0.15, 0.2) is 0 Å². The fraction of sp³-hybridized carbons (Fsp3) is 0.286. The standard InChI is InChI=1S/C14H16N2O2S/c1-2-18-13(17)8-11(15)14-16-9-12(19-14)10-6-4-3-5-7-10/h3-7,9,11H,2,8,15H2,1H3. The highest BCUT2D eigenvalue weighted by Crippen LogP contribution is 2.29. The third kappa shape index (κ3) is 3.62. The van der Waals surface area contributed by atoms with Crippen molar-refractivity contribution in [2.45, 2.75) is 19.4 Å². The molecule has 1 aromatic carbocycles. The second-order valence-corrected chi connectivity index (χ2v) is 5.11. The molecule has 0 bridgehead atoms. The van der Waals surface area contributed by atoms with Crippen molar-refractivity contribution in [3.05, 3.63) is 41.5 Å². The molecule has 4 nitrogen and oxygen atoms in total. The number of nitrogens with two attached hydrogens (primary N) is 1. The molecule has 0 aliphatic rings.